The molecule has 3 amide bonds. The van der Waals surface area contributed by atoms with E-state index in [0.717, 1.165) is 25.7 Å². The van der Waals surface area contributed by atoms with Crippen LogP contribution in [0, 0.1) is 5.41 Å². The molecule has 0 aromatic heterocycles. The van der Waals surface area contributed by atoms with E-state index in [1.54, 1.807) is 0 Å². The molecule has 1 aliphatic heterocycles. The Bertz CT molecular complexity index is 476. The van der Waals surface area contributed by atoms with Gasteiger partial charge in [-0.2, -0.15) is 0 Å². The predicted octanol–water partition coefficient (Wildman–Crippen LogP) is 0.768. The molecule has 2 fully saturated rings. The van der Waals surface area contributed by atoms with Crippen LogP contribution >= 0.6 is 0 Å². The summed E-state index contributed by atoms with van der Waals surface area (Å²) in [6, 6.07) is 0.0402. The number of alkyl carbamates (subject to hydrolysis) is 1. The summed E-state index contributed by atoms with van der Waals surface area (Å²) in [5.74, 6) is -0.467. The van der Waals surface area contributed by atoms with Crippen molar-refractivity contribution in [1.29, 1.82) is 0 Å². The second-order valence-electron chi connectivity index (χ2n) is 7.33. The van der Waals surface area contributed by atoms with Gasteiger partial charge < -0.3 is 20.7 Å². The van der Waals surface area contributed by atoms with Crippen LogP contribution in [0.2, 0.25) is 0 Å². The average molecular weight is 311 g/mol. The molecule has 3 N–H and O–H groups in total. The number of nitrogens with one attached hydrogen (secondary N) is 1. The lowest BCUT2D eigenvalue weighted by molar-refractivity contribution is -0.165. The van der Waals surface area contributed by atoms with E-state index in [9.17, 15) is 14.4 Å². The number of ether oxygens (including phenoxy) is 1. The Morgan fingerprint density at radius 2 is 1.95 bits per heavy atom. The number of nitrogens with two attached hydrogens (primary N) is 1. The highest BCUT2D eigenvalue weighted by atomic mass is 16.6. The molecule has 2 aliphatic rings. The van der Waals surface area contributed by atoms with Gasteiger partial charge in [0, 0.05) is 12.6 Å². The first-order chi connectivity index (χ1) is 10.1. The number of rotatable bonds is 3. The van der Waals surface area contributed by atoms with Crippen molar-refractivity contribution in [2.45, 2.75) is 58.1 Å². The molecule has 1 saturated heterocycles. The number of primary amides is 1. The van der Waals surface area contributed by atoms with Gasteiger partial charge in [0.05, 0.1) is 12.0 Å². The van der Waals surface area contributed by atoms with E-state index >= 15 is 0 Å². The zero-order chi connectivity index (χ0) is 16.5. The molecule has 1 spiro atoms. The van der Waals surface area contributed by atoms with Crippen LogP contribution in [0.4, 0.5) is 4.79 Å². The zero-order valence-electron chi connectivity index (χ0n) is 13.5. The summed E-state index contributed by atoms with van der Waals surface area (Å²) in [5.41, 5.74) is 4.26. The normalized spacial score (nSPS) is 28.2. The van der Waals surface area contributed by atoms with Crippen molar-refractivity contribution in [2.75, 3.05) is 13.1 Å². The van der Waals surface area contributed by atoms with Gasteiger partial charge in [0.15, 0.2) is 0 Å². The van der Waals surface area contributed by atoms with Crippen LogP contribution in [0.1, 0.15) is 46.5 Å². The third-order valence-electron chi connectivity index (χ3n) is 4.24. The SMILES string of the molecule is CC(C)(C)OC(=O)NC1CCC2(CC1)CN(CC(N)=O)C2=O. The fraction of sp³-hybridized carbons (Fsp3) is 0.800. The molecule has 0 bridgehead atoms. The van der Waals surface area contributed by atoms with Crippen LogP contribution in [0.15, 0.2) is 0 Å². The number of β-lactam (4-membered cyclic amide) rings is 1. The van der Waals surface area contributed by atoms with Crippen molar-refractivity contribution in [3.05, 3.63) is 0 Å². The third kappa shape index (κ3) is 3.69. The van der Waals surface area contributed by atoms with Crippen LogP contribution in [-0.4, -0.2) is 47.5 Å². The fourth-order valence-corrected chi connectivity index (χ4v) is 3.23. The number of likely N-dealkylation sites (tertiary alicyclic amines) is 1. The summed E-state index contributed by atoms with van der Waals surface area (Å²) < 4.78 is 5.24. The number of hydrogen-bond donors (Lipinski definition) is 2. The van der Waals surface area contributed by atoms with Crippen LogP contribution in [0.25, 0.3) is 0 Å². The molecule has 124 valence electrons. The summed E-state index contributed by atoms with van der Waals surface area (Å²) in [6.45, 7) is 6.06. The van der Waals surface area contributed by atoms with E-state index in [1.165, 1.54) is 4.90 Å². The van der Waals surface area contributed by atoms with E-state index in [0.29, 0.717) is 6.54 Å². The molecule has 1 aliphatic carbocycles. The maximum atomic E-state index is 12.2. The monoisotopic (exact) mass is 311 g/mol. The average Bonchev–Trinajstić information content (AvgIpc) is 2.37. The Morgan fingerprint density at radius 1 is 1.36 bits per heavy atom. The molecule has 0 unspecified atom stereocenters. The summed E-state index contributed by atoms with van der Waals surface area (Å²) in [6.07, 6.45) is 2.53. The van der Waals surface area contributed by atoms with Crippen LogP contribution in [0.5, 0.6) is 0 Å². The molecular weight excluding hydrogens is 286 g/mol. The van der Waals surface area contributed by atoms with Gasteiger partial charge in [0.1, 0.15) is 5.60 Å². The lowest BCUT2D eigenvalue weighted by Crippen LogP contribution is -2.64. The van der Waals surface area contributed by atoms with Crippen molar-refractivity contribution in [1.82, 2.24) is 10.2 Å². The Kier molecular flexibility index (Phi) is 4.35. The molecular formula is C15H25N3O4. The van der Waals surface area contributed by atoms with E-state index in [4.69, 9.17) is 10.5 Å². The van der Waals surface area contributed by atoms with Crippen molar-refractivity contribution in [3.8, 4) is 0 Å². The van der Waals surface area contributed by atoms with Crippen molar-refractivity contribution in [3.63, 3.8) is 0 Å². The summed E-state index contributed by atoms with van der Waals surface area (Å²) in [5, 5.41) is 2.86. The zero-order valence-corrected chi connectivity index (χ0v) is 13.5. The predicted molar refractivity (Wildman–Crippen MR) is 79.8 cm³/mol. The Morgan fingerprint density at radius 3 is 2.41 bits per heavy atom. The van der Waals surface area contributed by atoms with Crippen LogP contribution < -0.4 is 11.1 Å². The first-order valence-corrected chi connectivity index (χ1v) is 7.68. The van der Waals surface area contributed by atoms with Crippen LogP contribution in [0.3, 0.4) is 0 Å². The topological polar surface area (TPSA) is 102 Å². The van der Waals surface area contributed by atoms with Crippen molar-refractivity contribution in [2.24, 2.45) is 11.1 Å². The van der Waals surface area contributed by atoms with Gasteiger partial charge in [-0.3, -0.25) is 9.59 Å². The molecule has 2 rings (SSSR count). The van der Waals surface area contributed by atoms with E-state index < -0.39 is 17.6 Å². The summed E-state index contributed by atoms with van der Waals surface area (Å²) >= 11 is 0. The highest BCUT2D eigenvalue weighted by molar-refractivity contribution is 5.92. The second-order valence-corrected chi connectivity index (χ2v) is 7.33. The van der Waals surface area contributed by atoms with Gasteiger partial charge in [-0.1, -0.05) is 0 Å². The van der Waals surface area contributed by atoms with Gasteiger partial charge in [0.2, 0.25) is 11.8 Å². The quantitative estimate of drug-likeness (QED) is 0.751. The first-order valence-electron chi connectivity index (χ1n) is 7.68. The fourth-order valence-electron chi connectivity index (χ4n) is 3.23. The van der Waals surface area contributed by atoms with Gasteiger partial charge in [-0.05, 0) is 46.5 Å². The van der Waals surface area contributed by atoms with E-state index in [2.05, 4.69) is 5.32 Å². The summed E-state index contributed by atoms with van der Waals surface area (Å²) in [7, 11) is 0. The van der Waals surface area contributed by atoms with Crippen LogP contribution in [-0.2, 0) is 14.3 Å². The number of carbonyl (C=O) groups is 3. The molecule has 1 saturated carbocycles. The number of carbonyl (C=O) groups excluding carboxylic acids is 3. The smallest absolute Gasteiger partial charge is 0.407 e. The highest BCUT2D eigenvalue weighted by Gasteiger charge is 2.53. The summed E-state index contributed by atoms with van der Waals surface area (Å²) in [4.78, 5) is 36.3. The minimum Gasteiger partial charge on any atom is -0.444 e. The van der Waals surface area contributed by atoms with Gasteiger partial charge >= 0.3 is 6.09 Å². The van der Waals surface area contributed by atoms with Gasteiger partial charge in [0.25, 0.3) is 0 Å². The minimum absolute atomic E-state index is 0.000169. The highest BCUT2D eigenvalue weighted by Crippen LogP contribution is 2.44. The lowest BCUT2D eigenvalue weighted by Gasteiger charge is -2.51. The Balaban J connectivity index is 1.78. The molecule has 0 radical (unpaired) electrons. The van der Waals surface area contributed by atoms with Gasteiger partial charge in [-0.15, -0.1) is 0 Å². The van der Waals surface area contributed by atoms with Crippen molar-refractivity contribution >= 4 is 17.9 Å². The molecule has 0 aromatic rings. The molecule has 1 heterocycles. The number of amides is 3. The molecule has 22 heavy (non-hydrogen) atoms. The molecule has 0 aromatic carbocycles. The van der Waals surface area contributed by atoms with E-state index in [1.807, 2.05) is 20.8 Å². The Labute approximate surface area is 130 Å². The molecule has 7 heteroatoms. The number of hydrogen-bond acceptors (Lipinski definition) is 4. The Hall–Kier alpha value is -1.79. The van der Waals surface area contributed by atoms with Gasteiger partial charge in [-0.25, -0.2) is 4.79 Å². The van der Waals surface area contributed by atoms with Crippen molar-refractivity contribution < 1.29 is 19.1 Å². The van der Waals surface area contributed by atoms with E-state index in [-0.39, 0.29) is 23.9 Å². The standard InChI is InChI=1S/C15H25N3O4/c1-14(2,3)22-13(21)17-10-4-6-15(7-5-10)9-18(12(15)20)8-11(16)19/h10H,4-9H2,1-3H3,(H2,16,19)(H,17,21). The number of nitrogens with zero attached hydrogens (tertiary/aromatic N) is 1. The second kappa shape index (κ2) is 5.78. The third-order valence-corrected chi connectivity index (χ3v) is 4.24. The largest absolute Gasteiger partial charge is 0.444 e. The maximum Gasteiger partial charge on any atom is 0.407 e. The minimum atomic E-state index is -0.515. The molecule has 0 atom stereocenters. The molecule has 7 nitrogen and oxygen atoms in total. The lowest BCUT2D eigenvalue weighted by atomic mass is 9.66. The maximum absolute atomic E-state index is 12.2. The first kappa shape index (κ1) is 16.6.